The normalized spacial score (nSPS) is 18.8. The molecule has 0 aromatic heterocycles. The third-order valence-corrected chi connectivity index (χ3v) is 5.64. The van der Waals surface area contributed by atoms with E-state index in [2.05, 4.69) is 0 Å². The smallest absolute Gasteiger partial charge is 0.253 e. The van der Waals surface area contributed by atoms with Crippen molar-refractivity contribution < 1.29 is 14.3 Å². The first-order chi connectivity index (χ1) is 13.4. The number of hydrogen-bond acceptors (Lipinski definition) is 3. The quantitative estimate of drug-likeness (QED) is 0.769. The van der Waals surface area contributed by atoms with E-state index in [4.69, 9.17) is 16.3 Å². The first kappa shape index (κ1) is 20.2. The number of amides is 2. The number of methoxy groups -OCH3 is 1. The van der Waals surface area contributed by atoms with Crippen LogP contribution in [0.5, 0.6) is 5.75 Å². The van der Waals surface area contributed by atoms with Crippen molar-refractivity contribution in [1.82, 2.24) is 9.80 Å². The zero-order valence-corrected chi connectivity index (χ0v) is 17.1. The molecule has 5 nitrogen and oxygen atoms in total. The highest BCUT2D eigenvalue weighted by Gasteiger charge is 2.41. The Morgan fingerprint density at radius 1 is 1.18 bits per heavy atom. The van der Waals surface area contributed by atoms with Gasteiger partial charge in [0.25, 0.3) is 5.91 Å². The second-order valence-corrected chi connectivity index (χ2v) is 7.50. The molecule has 1 saturated heterocycles. The van der Waals surface area contributed by atoms with Crippen LogP contribution < -0.4 is 4.74 Å². The molecular weight excluding hydrogens is 376 g/mol. The molecule has 1 aliphatic heterocycles. The summed E-state index contributed by atoms with van der Waals surface area (Å²) in [5.74, 6) is 0.358. The van der Waals surface area contributed by atoms with Crippen LogP contribution in [0.1, 0.15) is 28.8 Å². The predicted octanol–water partition coefficient (Wildman–Crippen LogP) is 3.68. The fourth-order valence-corrected chi connectivity index (χ4v) is 3.77. The summed E-state index contributed by atoms with van der Waals surface area (Å²) in [5, 5.41) is 0.588. The van der Waals surface area contributed by atoms with Crippen LogP contribution in [0.2, 0.25) is 5.02 Å². The molecule has 2 unspecified atom stereocenters. The van der Waals surface area contributed by atoms with E-state index in [-0.39, 0.29) is 23.7 Å². The minimum absolute atomic E-state index is 0.0572. The molecule has 1 fully saturated rings. The molecule has 0 radical (unpaired) electrons. The van der Waals surface area contributed by atoms with Crippen LogP contribution in [0, 0.1) is 5.92 Å². The fraction of sp³-hybridized carbons (Fsp3) is 0.364. The molecule has 2 amide bonds. The Morgan fingerprint density at radius 3 is 2.54 bits per heavy atom. The Balaban J connectivity index is 1.90. The summed E-state index contributed by atoms with van der Waals surface area (Å²) in [4.78, 5) is 29.5. The Kier molecular flexibility index (Phi) is 6.25. The van der Waals surface area contributed by atoms with Crippen molar-refractivity contribution >= 4 is 23.4 Å². The summed E-state index contributed by atoms with van der Waals surface area (Å²) in [7, 11) is 3.42. The molecule has 2 aromatic carbocycles. The molecule has 2 aromatic rings. The van der Waals surface area contributed by atoms with Gasteiger partial charge >= 0.3 is 0 Å². The highest BCUT2D eigenvalue weighted by Crippen LogP contribution is 2.36. The van der Waals surface area contributed by atoms with Crippen molar-refractivity contribution in [2.45, 2.75) is 12.8 Å². The number of rotatable bonds is 5. The molecule has 3 rings (SSSR count). The lowest BCUT2D eigenvalue weighted by Crippen LogP contribution is -2.36. The first-order valence-corrected chi connectivity index (χ1v) is 9.76. The van der Waals surface area contributed by atoms with Gasteiger partial charge in [-0.2, -0.15) is 0 Å². The lowest BCUT2D eigenvalue weighted by Gasteiger charge is -2.23. The van der Waals surface area contributed by atoms with Gasteiger partial charge in [0.2, 0.25) is 5.91 Å². The Morgan fingerprint density at radius 2 is 1.89 bits per heavy atom. The van der Waals surface area contributed by atoms with Gasteiger partial charge in [-0.1, -0.05) is 23.7 Å². The number of benzene rings is 2. The maximum Gasteiger partial charge on any atom is 0.253 e. The van der Waals surface area contributed by atoms with Crippen molar-refractivity contribution in [2.75, 3.05) is 33.8 Å². The molecule has 0 bridgehead atoms. The maximum absolute atomic E-state index is 13.0. The van der Waals surface area contributed by atoms with Crippen LogP contribution in [0.15, 0.2) is 48.5 Å². The lowest BCUT2D eigenvalue weighted by molar-refractivity contribution is -0.133. The SMILES string of the molecule is CCN(C)C(=O)C1CN(C(=O)c2ccc(Cl)cc2)CC1c1cccc(OC)c1. The van der Waals surface area contributed by atoms with Crippen LogP contribution in [-0.4, -0.2) is 55.4 Å². The van der Waals surface area contributed by atoms with Crippen LogP contribution in [0.25, 0.3) is 0 Å². The summed E-state index contributed by atoms with van der Waals surface area (Å²) >= 11 is 5.94. The summed E-state index contributed by atoms with van der Waals surface area (Å²) in [6.07, 6.45) is 0. The van der Waals surface area contributed by atoms with E-state index in [1.807, 2.05) is 31.2 Å². The second-order valence-electron chi connectivity index (χ2n) is 7.06. The number of hydrogen-bond donors (Lipinski definition) is 0. The van der Waals surface area contributed by atoms with Gasteiger partial charge in [-0.25, -0.2) is 0 Å². The van der Waals surface area contributed by atoms with Crippen molar-refractivity contribution in [2.24, 2.45) is 5.92 Å². The van der Waals surface area contributed by atoms with Crippen molar-refractivity contribution in [3.63, 3.8) is 0 Å². The summed E-state index contributed by atoms with van der Waals surface area (Å²) in [5.41, 5.74) is 1.58. The Labute approximate surface area is 170 Å². The average molecular weight is 401 g/mol. The summed E-state index contributed by atoms with van der Waals surface area (Å²) in [6, 6.07) is 14.6. The molecule has 1 heterocycles. The lowest BCUT2D eigenvalue weighted by atomic mass is 9.88. The molecule has 1 aliphatic rings. The van der Waals surface area contributed by atoms with E-state index < -0.39 is 0 Å². The minimum atomic E-state index is -0.284. The van der Waals surface area contributed by atoms with Crippen molar-refractivity contribution in [1.29, 1.82) is 0 Å². The molecule has 6 heteroatoms. The Bertz CT molecular complexity index is 853. The first-order valence-electron chi connectivity index (χ1n) is 9.38. The van der Waals surface area contributed by atoms with E-state index in [1.165, 1.54) is 0 Å². The monoisotopic (exact) mass is 400 g/mol. The van der Waals surface area contributed by atoms with Gasteiger partial charge in [0.15, 0.2) is 0 Å². The molecule has 0 spiro atoms. The van der Waals surface area contributed by atoms with E-state index >= 15 is 0 Å². The van der Waals surface area contributed by atoms with Gasteiger partial charge in [-0.3, -0.25) is 9.59 Å². The maximum atomic E-state index is 13.0. The molecule has 2 atom stereocenters. The predicted molar refractivity (Wildman–Crippen MR) is 110 cm³/mol. The van der Waals surface area contributed by atoms with Gasteiger partial charge in [0, 0.05) is 43.2 Å². The summed E-state index contributed by atoms with van der Waals surface area (Å²) < 4.78 is 5.35. The van der Waals surface area contributed by atoms with Gasteiger partial charge in [-0.05, 0) is 48.9 Å². The van der Waals surface area contributed by atoms with Gasteiger partial charge in [0.1, 0.15) is 5.75 Å². The van der Waals surface area contributed by atoms with Crippen LogP contribution in [-0.2, 0) is 4.79 Å². The van der Waals surface area contributed by atoms with Crippen LogP contribution in [0.3, 0.4) is 0 Å². The second kappa shape index (κ2) is 8.65. The molecule has 148 valence electrons. The average Bonchev–Trinajstić information content (AvgIpc) is 3.18. The molecule has 28 heavy (non-hydrogen) atoms. The van der Waals surface area contributed by atoms with E-state index in [9.17, 15) is 9.59 Å². The highest BCUT2D eigenvalue weighted by atomic mass is 35.5. The molecule has 0 aliphatic carbocycles. The van der Waals surface area contributed by atoms with E-state index in [0.29, 0.717) is 30.2 Å². The molecule has 0 N–H and O–H groups in total. The number of halogens is 1. The zero-order valence-electron chi connectivity index (χ0n) is 16.4. The molecule has 0 saturated carbocycles. The van der Waals surface area contributed by atoms with E-state index in [1.54, 1.807) is 48.2 Å². The number of likely N-dealkylation sites (tertiary alicyclic amines) is 1. The summed E-state index contributed by atoms with van der Waals surface area (Å²) in [6.45, 7) is 3.46. The van der Waals surface area contributed by atoms with Crippen LogP contribution >= 0.6 is 11.6 Å². The zero-order chi connectivity index (χ0) is 20.3. The largest absolute Gasteiger partial charge is 0.497 e. The third-order valence-electron chi connectivity index (χ3n) is 5.39. The minimum Gasteiger partial charge on any atom is -0.497 e. The highest BCUT2D eigenvalue weighted by molar-refractivity contribution is 6.30. The van der Waals surface area contributed by atoms with E-state index in [0.717, 1.165) is 11.3 Å². The van der Waals surface area contributed by atoms with Crippen molar-refractivity contribution in [3.05, 3.63) is 64.7 Å². The van der Waals surface area contributed by atoms with Gasteiger partial charge < -0.3 is 14.5 Å². The number of carbonyl (C=O) groups excluding carboxylic acids is 2. The Hall–Kier alpha value is -2.53. The number of nitrogens with zero attached hydrogens (tertiary/aromatic N) is 2. The number of ether oxygens (including phenoxy) is 1. The number of carbonyl (C=O) groups is 2. The standard InChI is InChI=1S/C22H25ClN2O3/c1-4-24(2)22(27)20-14-25(21(26)15-8-10-17(23)11-9-15)13-19(20)16-6-5-7-18(12-16)28-3/h5-12,19-20H,4,13-14H2,1-3H3. The van der Waals surface area contributed by atoms with Crippen molar-refractivity contribution in [3.8, 4) is 5.75 Å². The topological polar surface area (TPSA) is 49.9 Å². The van der Waals surface area contributed by atoms with Gasteiger partial charge in [-0.15, -0.1) is 0 Å². The fourth-order valence-electron chi connectivity index (χ4n) is 3.64. The molecular formula is C22H25ClN2O3. The van der Waals surface area contributed by atoms with Gasteiger partial charge in [0.05, 0.1) is 13.0 Å². The third kappa shape index (κ3) is 4.14. The van der Waals surface area contributed by atoms with Crippen LogP contribution in [0.4, 0.5) is 0 Å².